The van der Waals surface area contributed by atoms with Crippen molar-refractivity contribution in [2.45, 2.75) is 13.1 Å². The van der Waals surface area contributed by atoms with E-state index in [9.17, 15) is 4.79 Å². The topological polar surface area (TPSA) is 75.0 Å². The number of halogens is 1. The van der Waals surface area contributed by atoms with E-state index >= 15 is 0 Å². The highest BCUT2D eigenvalue weighted by Gasteiger charge is 2.11. The highest BCUT2D eigenvalue weighted by molar-refractivity contribution is 9.10. The summed E-state index contributed by atoms with van der Waals surface area (Å²) >= 11 is 3.26. The first-order valence-corrected chi connectivity index (χ1v) is 6.64. The van der Waals surface area contributed by atoms with Crippen LogP contribution in [0.3, 0.4) is 0 Å². The van der Waals surface area contributed by atoms with Gasteiger partial charge in [0.2, 0.25) is 0 Å². The molecule has 5 nitrogen and oxygen atoms in total. The van der Waals surface area contributed by atoms with Crippen LogP contribution in [0.15, 0.2) is 39.9 Å². The van der Waals surface area contributed by atoms with E-state index in [4.69, 9.17) is 5.73 Å². The number of hydrogen-bond acceptors (Lipinski definition) is 4. The van der Waals surface area contributed by atoms with Gasteiger partial charge < -0.3 is 15.6 Å². The van der Waals surface area contributed by atoms with Gasteiger partial charge >= 0.3 is 0 Å². The molecule has 0 unspecified atom stereocenters. The number of hydrogen-bond donors (Lipinski definition) is 2. The number of nitrogens with zero attached hydrogens (tertiary/aromatic N) is 2. The van der Waals surface area contributed by atoms with E-state index in [2.05, 4.69) is 25.9 Å². The van der Waals surface area contributed by atoms with Crippen LogP contribution < -0.4 is 16.2 Å². The summed E-state index contributed by atoms with van der Waals surface area (Å²) in [4.78, 5) is 20.1. The minimum Gasteiger partial charge on any atom is -0.354 e. The van der Waals surface area contributed by atoms with Gasteiger partial charge in [0.1, 0.15) is 10.3 Å². The zero-order valence-electron chi connectivity index (χ0n) is 10.6. The molecule has 19 heavy (non-hydrogen) atoms. The van der Waals surface area contributed by atoms with E-state index in [1.807, 2.05) is 36.2 Å². The summed E-state index contributed by atoms with van der Waals surface area (Å²) in [7, 11) is 1.89. The Hall–Kier alpha value is -1.66. The maximum atomic E-state index is 11.5. The van der Waals surface area contributed by atoms with Gasteiger partial charge in [-0.2, -0.15) is 0 Å². The number of H-pyrrole nitrogens is 1. The van der Waals surface area contributed by atoms with E-state index < -0.39 is 0 Å². The van der Waals surface area contributed by atoms with Crippen molar-refractivity contribution in [2.75, 3.05) is 11.9 Å². The highest BCUT2D eigenvalue weighted by atomic mass is 79.9. The van der Waals surface area contributed by atoms with Gasteiger partial charge in [0.05, 0.1) is 6.33 Å². The molecule has 1 aromatic carbocycles. The van der Waals surface area contributed by atoms with Crippen LogP contribution in [0.25, 0.3) is 0 Å². The zero-order chi connectivity index (χ0) is 13.8. The summed E-state index contributed by atoms with van der Waals surface area (Å²) in [6.45, 7) is 1.14. The fourth-order valence-corrected chi connectivity index (χ4v) is 2.40. The van der Waals surface area contributed by atoms with Gasteiger partial charge in [0.25, 0.3) is 5.56 Å². The lowest BCUT2D eigenvalue weighted by Crippen LogP contribution is -2.22. The molecule has 6 heteroatoms. The maximum Gasteiger partial charge on any atom is 0.267 e. The monoisotopic (exact) mass is 322 g/mol. The summed E-state index contributed by atoms with van der Waals surface area (Å²) in [6.07, 6.45) is 1.40. The van der Waals surface area contributed by atoms with E-state index in [1.165, 1.54) is 6.33 Å². The Morgan fingerprint density at radius 2 is 2.05 bits per heavy atom. The average molecular weight is 323 g/mol. The molecular formula is C13H15BrN4O. The number of rotatable bonds is 4. The molecule has 0 fully saturated rings. The molecule has 0 aliphatic heterocycles. The second kappa shape index (κ2) is 5.99. The summed E-state index contributed by atoms with van der Waals surface area (Å²) in [5.41, 5.74) is 7.75. The number of aromatic nitrogens is 2. The van der Waals surface area contributed by atoms with Crippen molar-refractivity contribution in [3.8, 4) is 0 Å². The Kier molecular flexibility index (Phi) is 4.34. The molecule has 0 radical (unpaired) electrons. The molecule has 0 atom stereocenters. The number of aromatic amines is 1. The molecule has 1 aromatic heterocycles. The van der Waals surface area contributed by atoms with Gasteiger partial charge in [-0.3, -0.25) is 4.79 Å². The zero-order valence-corrected chi connectivity index (χ0v) is 12.1. The van der Waals surface area contributed by atoms with Crippen LogP contribution >= 0.6 is 15.9 Å². The van der Waals surface area contributed by atoms with Crippen LogP contribution in [0.4, 0.5) is 5.82 Å². The average Bonchev–Trinajstić information content (AvgIpc) is 2.42. The third-order valence-corrected chi connectivity index (χ3v) is 3.60. The van der Waals surface area contributed by atoms with Gasteiger partial charge in [0.15, 0.2) is 0 Å². The molecule has 1 heterocycles. The lowest BCUT2D eigenvalue weighted by Gasteiger charge is -2.20. The fraction of sp³-hybridized carbons (Fsp3) is 0.231. The molecule has 100 valence electrons. The van der Waals surface area contributed by atoms with Crippen LogP contribution in [0.5, 0.6) is 0 Å². The third-order valence-electron chi connectivity index (χ3n) is 2.89. The summed E-state index contributed by atoms with van der Waals surface area (Å²) in [5, 5.41) is 0. The Morgan fingerprint density at radius 3 is 2.74 bits per heavy atom. The van der Waals surface area contributed by atoms with Crippen LogP contribution in [0.2, 0.25) is 0 Å². The van der Waals surface area contributed by atoms with Crippen LogP contribution in [0, 0.1) is 0 Å². The van der Waals surface area contributed by atoms with E-state index in [1.54, 1.807) is 0 Å². The van der Waals surface area contributed by atoms with Gasteiger partial charge in [0, 0.05) is 20.1 Å². The van der Waals surface area contributed by atoms with Crippen molar-refractivity contribution in [3.63, 3.8) is 0 Å². The first-order valence-electron chi connectivity index (χ1n) is 5.84. The smallest absolute Gasteiger partial charge is 0.267 e. The summed E-state index contributed by atoms with van der Waals surface area (Å²) in [6, 6.07) is 7.97. The quantitative estimate of drug-likeness (QED) is 0.897. The molecule has 2 aromatic rings. The largest absolute Gasteiger partial charge is 0.354 e. The Morgan fingerprint density at radius 1 is 1.37 bits per heavy atom. The Balaban J connectivity index is 2.28. The Bertz CT molecular complexity index is 626. The number of nitrogens with two attached hydrogens (primary N) is 1. The lowest BCUT2D eigenvalue weighted by atomic mass is 10.1. The number of benzene rings is 1. The van der Waals surface area contributed by atoms with Crippen LogP contribution in [0.1, 0.15) is 11.1 Å². The summed E-state index contributed by atoms with van der Waals surface area (Å²) in [5.74, 6) is 0.607. The molecule has 0 spiro atoms. The van der Waals surface area contributed by atoms with Gasteiger partial charge in [-0.05, 0) is 27.1 Å². The standard InChI is InChI=1S/C13H15BrN4O/c1-18(12-11(14)13(19)17-8-16-12)7-10-5-3-2-4-9(10)6-15/h2-5,8H,6-7,15H2,1H3,(H,16,17,19). The van der Waals surface area contributed by atoms with Gasteiger partial charge in [-0.25, -0.2) is 4.98 Å². The third kappa shape index (κ3) is 3.02. The summed E-state index contributed by atoms with van der Waals surface area (Å²) < 4.78 is 0.433. The van der Waals surface area contributed by atoms with Crippen molar-refractivity contribution >= 4 is 21.7 Å². The molecule has 0 saturated heterocycles. The Labute approximate surface area is 119 Å². The van der Waals surface area contributed by atoms with Crippen molar-refractivity contribution in [3.05, 3.63) is 56.5 Å². The second-order valence-corrected chi connectivity index (χ2v) is 4.99. The van der Waals surface area contributed by atoms with Gasteiger partial charge in [-0.1, -0.05) is 24.3 Å². The molecule has 0 aliphatic carbocycles. The van der Waals surface area contributed by atoms with Crippen molar-refractivity contribution in [2.24, 2.45) is 5.73 Å². The molecule has 2 rings (SSSR count). The predicted octanol–water partition coefficient (Wildman–Crippen LogP) is 1.63. The second-order valence-electron chi connectivity index (χ2n) is 4.20. The molecule has 0 saturated carbocycles. The van der Waals surface area contributed by atoms with E-state index in [0.717, 1.165) is 11.1 Å². The van der Waals surface area contributed by atoms with Gasteiger partial charge in [-0.15, -0.1) is 0 Å². The number of anilines is 1. The lowest BCUT2D eigenvalue weighted by molar-refractivity contribution is 0.863. The van der Waals surface area contributed by atoms with Crippen molar-refractivity contribution in [1.82, 2.24) is 9.97 Å². The highest BCUT2D eigenvalue weighted by Crippen LogP contribution is 2.20. The maximum absolute atomic E-state index is 11.5. The van der Waals surface area contributed by atoms with E-state index in [-0.39, 0.29) is 5.56 Å². The molecular weight excluding hydrogens is 308 g/mol. The predicted molar refractivity (Wildman–Crippen MR) is 79.0 cm³/mol. The fourth-order valence-electron chi connectivity index (χ4n) is 1.88. The normalized spacial score (nSPS) is 10.5. The first-order chi connectivity index (χ1) is 9.13. The first kappa shape index (κ1) is 13.8. The van der Waals surface area contributed by atoms with Crippen LogP contribution in [-0.2, 0) is 13.1 Å². The number of nitrogens with one attached hydrogen (secondary N) is 1. The molecule has 0 aliphatic rings. The van der Waals surface area contributed by atoms with E-state index in [0.29, 0.717) is 23.4 Å². The SMILES string of the molecule is CN(Cc1ccccc1CN)c1nc[nH]c(=O)c1Br. The molecule has 0 amide bonds. The van der Waals surface area contributed by atoms with Crippen molar-refractivity contribution in [1.29, 1.82) is 0 Å². The minimum atomic E-state index is -0.191. The minimum absolute atomic E-state index is 0.191. The van der Waals surface area contributed by atoms with Crippen LogP contribution in [-0.4, -0.2) is 17.0 Å². The molecule has 0 bridgehead atoms. The van der Waals surface area contributed by atoms with Crippen molar-refractivity contribution < 1.29 is 0 Å². The molecule has 3 N–H and O–H groups in total.